The maximum atomic E-state index is 11.8. The van der Waals surface area contributed by atoms with Gasteiger partial charge >= 0.3 is 12.1 Å². The number of ether oxygens (including phenoxy) is 1. The standard InChI is InChI=1S/C12H18F3NO3/c13-12(14,15)8-19-11(18)7-6-10(17)16-9-4-2-1-3-5-9/h9H,1-8H2,(H,16,17). The third kappa shape index (κ3) is 7.69. The first-order valence-electron chi connectivity index (χ1n) is 6.38. The summed E-state index contributed by atoms with van der Waals surface area (Å²) in [6, 6.07) is 0.132. The number of hydrogen-bond acceptors (Lipinski definition) is 3. The monoisotopic (exact) mass is 281 g/mol. The molecule has 0 radical (unpaired) electrons. The zero-order valence-electron chi connectivity index (χ0n) is 10.6. The van der Waals surface area contributed by atoms with Crippen molar-refractivity contribution in [3.63, 3.8) is 0 Å². The topological polar surface area (TPSA) is 55.4 Å². The van der Waals surface area contributed by atoms with Crippen molar-refractivity contribution < 1.29 is 27.5 Å². The second-order valence-electron chi connectivity index (χ2n) is 4.68. The molecular formula is C12H18F3NO3. The summed E-state index contributed by atoms with van der Waals surface area (Å²) >= 11 is 0. The Balaban J connectivity index is 2.13. The van der Waals surface area contributed by atoms with Gasteiger partial charge in [-0.25, -0.2) is 0 Å². The maximum absolute atomic E-state index is 11.8. The summed E-state index contributed by atoms with van der Waals surface area (Å²) in [6.45, 7) is -1.60. The highest BCUT2D eigenvalue weighted by Crippen LogP contribution is 2.17. The summed E-state index contributed by atoms with van der Waals surface area (Å²) in [6.07, 6.45) is 0.156. The zero-order valence-corrected chi connectivity index (χ0v) is 10.6. The van der Waals surface area contributed by atoms with Gasteiger partial charge in [-0.15, -0.1) is 0 Å². The van der Waals surface area contributed by atoms with Crippen LogP contribution in [0.5, 0.6) is 0 Å². The maximum Gasteiger partial charge on any atom is 0.422 e. The van der Waals surface area contributed by atoms with E-state index in [4.69, 9.17) is 0 Å². The summed E-state index contributed by atoms with van der Waals surface area (Å²) in [5.74, 6) is -1.31. The van der Waals surface area contributed by atoms with Gasteiger partial charge in [-0.05, 0) is 12.8 Å². The van der Waals surface area contributed by atoms with E-state index in [0.29, 0.717) is 0 Å². The Morgan fingerprint density at radius 3 is 2.32 bits per heavy atom. The lowest BCUT2D eigenvalue weighted by Gasteiger charge is -2.22. The third-order valence-corrected chi connectivity index (χ3v) is 2.92. The first-order chi connectivity index (χ1) is 8.87. The lowest BCUT2D eigenvalue weighted by atomic mass is 9.95. The number of hydrogen-bond donors (Lipinski definition) is 1. The summed E-state index contributed by atoms with van der Waals surface area (Å²) in [5, 5.41) is 2.78. The van der Waals surface area contributed by atoms with Gasteiger partial charge in [0.25, 0.3) is 0 Å². The fourth-order valence-corrected chi connectivity index (χ4v) is 2.00. The van der Waals surface area contributed by atoms with Crippen molar-refractivity contribution in [1.82, 2.24) is 5.32 Å². The fourth-order valence-electron chi connectivity index (χ4n) is 2.00. The third-order valence-electron chi connectivity index (χ3n) is 2.92. The van der Waals surface area contributed by atoms with Crippen molar-refractivity contribution in [2.75, 3.05) is 6.61 Å². The molecule has 110 valence electrons. The van der Waals surface area contributed by atoms with Crippen LogP contribution in [-0.4, -0.2) is 30.7 Å². The molecule has 0 aliphatic heterocycles. The van der Waals surface area contributed by atoms with E-state index >= 15 is 0 Å². The molecule has 0 aromatic carbocycles. The van der Waals surface area contributed by atoms with Crippen LogP contribution in [0.3, 0.4) is 0 Å². The van der Waals surface area contributed by atoms with Gasteiger partial charge in [0.1, 0.15) is 0 Å². The van der Waals surface area contributed by atoms with Gasteiger partial charge < -0.3 is 10.1 Å². The number of carbonyl (C=O) groups excluding carboxylic acids is 2. The minimum Gasteiger partial charge on any atom is -0.456 e. The fraction of sp³-hybridized carbons (Fsp3) is 0.833. The van der Waals surface area contributed by atoms with Crippen LogP contribution in [0, 0.1) is 0 Å². The Hall–Kier alpha value is -1.27. The Bertz CT molecular complexity index is 312. The van der Waals surface area contributed by atoms with E-state index in [1.165, 1.54) is 0 Å². The molecule has 1 saturated carbocycles. The Morgan fingerprint density at radius 2 is 1.74 bits per heavy atom. The number of nitrogens with one attached hydrogen (secondary N) is 1. The van der Waals surface area contributed by atoms with E-state index in [9.17, 15) is 22.8 Å². The van der Waals surface area contributed by atoms with E-state index < -0.39 is 18.8 Å². The van der Waals surface area contributed by atoms with Gasteiger partial charge in [-0.1, -0.05) is 19.3 Å². The molecule has 0 unspecified atom stereocenters. The van der Waals surface area contributed by atoms with Crippen LogP contribution >= 0.6 is 0 Å². The molecular weight excluding hydrogens is 263 g/mol. The van der Waals surface area contributed by atoms with E-state index in [1.54, 1.807) is 0 Å². The molecule has 1 rings (SSSR count). The minimum atomic E-state index is -4.53. The molecule has 0 spiro atoms. The quantitative estimate of drug-likeness (QED) is 0.787. The molecule has 1 aliphatic carbocycles. The van der Waals surface area contributed by atoms with E-state index in [2.05, 4.69) is 10.1 Å². The molecule has 7 heteroatoms. The molecule has 1 fully saturated rings. The largest absolute Gasteiger partial charge is 0.456 e. The number of esters is 1. The van der Waals surface area contributed by atoms with Gasteiger partial charge in [0, 0.05) is 12.5 Å². The molecule has 1 N–H and O–H groups in total. The summed E-state index contributed by atoms with van der Waals surface area (Å²) < 4.78 is 39.3. The van der Waals surface area contributed by atoms with E-state index in [0.717, 1.165) is 32.1 Å². The van der Waals surface area contributed by atoms with Gasteiger partial charge in [-0.3, -0.25) is 9.59 Å². The molecule has 0 heterocycles. The molecule has 1 amide bonds. The highest BCUT2D eigenvalue weighted by atomic mass is 19.4. The highest BCUT2D eigenvalue weighted by molar-refractivity contribution is 5.81. The summed E-state index contributed by atoms with van der Waals surface area (Å²) in [5.41, 5.74) is 0. The molecule has 0 bridgehead atoms. The van der Waals surface area contributed by atoms with Crippen molar-refractivity contribution in [1.29, 1.82) is 0 Å². The van der Waals surface area contributed by atoms with Crippen LogP contribution < -0.4 is 5.32 Å². The highest BCUT2D eigenvalue weighted by Gasteiger charge is 2.29. The van der Waals surface area contributed by atoms with Crippen molar-refractivity contribution in [2.24, 2.45) is 0 Å². The van der Waals surface area contributed by atoms with Crippen molar-refractivity contribution in [2.45, 2.75) is 57.2 Å². The smallest absolute Gasteiger partial charge is 0.422 e. The number of halogens is 3. The average molecular weight is 281 g/mol. The second-order valence-corrected chi connectivity index (χ2v) is 4.68. The number of amides is 1. The average Bonchev–Trinajstić information content (AvgIpc) is 2.34. The first-order valence-corrected chi connectivity index (χ1v) is 6.38. The molecule has 0 aromatic rings. The summed E-state index contributed by atoms with van der Waals surface area (Å²) in [7, 11) is 0. The molecule has 19 heavy (non-hydrogen) atoms. The Kier molecular flexibility index (Phi) is 6.11. The van der Waals surface area contributed by atoms with Crippen molar-refractivity contribution in [3.05, 3.63) is 0 Å². The predicted molar refractivity (Wildman–Crippen MR) is 61.3 cm³/mol. The Labute approximate surface area is 109 Å². The van der Waals surface area contributed by atoms with Gasteiger partial charge in [0.15, 0.2) is 6.61 Å². The van der Waals surface area contributed by atoms with Gasteiger partial charge in [-0.2, -0.15) is 13.2 Å². The normalized spacial score (nSPS) is 17.0. The number of rotatable bonds is 5. The van der Waals surface area contributed by atoms with Gasteiger partial charge in [0.2, 0.25) is 5.91 Å². The van der Waals surface area contributed by atoms with Crippen LogP contribution in [-0.2, 0) is 14.3 Å². The van der Waals surface area contributed by atoms with Crippen molar-refractivity contribution in [3.8, 4) is 0 Å². The lowest BCUT2D eigenvalue weighted by Crippen LogP contribution is -2.36. The predicted octanol–water partition coefficient (Wildman–Crippen LogP) is 2.32. The summed E-state index contributed by atoms with van der Waals surface area (Å²) in [4.78, 5) is 22.5. The molecule has 0 atom stereocenters. The van der Waals surface area contributed by atoms with Crippen molar-refractivity contribution >= 4 is 11.9 Å². The van der Waals surface area contributed by atoms with Crippen LogP contribution in [0.4, 0.5) is 13.2 Å². The minimum absolute atomic E-state index is 0.132. The lowest BCUT2D eigenvalue weighted by molar-refractivity contribution is -0.186. The second kappa shape index (κ2) is 7.35. The van der Waals surface area contributed by atoms with Crippen LogP contribution in [0.1, 0.15) is 44.9 Å². The molecule has 0 saturated heterocycles. The number of carbonyl (C=O) groups is 2. The molecule has 1 aliphatic rings. The SMILES string of the molecule is O=C(CCC(=O)OCC(F)(F)F)NC1CCCCC1. The van der Waals surface area contributed by atoms with E-state index in [1.807, 2.05) is 0 Å². The molecule has 0 aromatic heterocycles. The van der Waals surface area contributed by atoms with E-state index in [-0.39, 0.29) is 24.8 Å². The van der Waals surface area contributed by atoms with Gasteiger partial charge in [0.05, 0.1) is 6.42 Å². The van der Waals surface area contributed by atoms with Crippen LogP contribution in [0.15, 0.2) is 0 Å². The first kappa shape index (κ1) is 15.8. The van der Waals surface area contributed by atoms with Crippen LogP contribution in [0.25, 0.3) is 0 Å². The molecule has 4 nitrogen and oxygen atoms in total. The Morgan fingerprint density at radius 1 is 1.11 bits per heavy atom. The van der Waals surface area contributed by atoms with Crippen LogP contribution in [0.2, 0.25) is 0 Å². The zero-order chi connectivity index (χ0) is 14.3. The number of alkyl halides is 3.